The summed E-state index contributed by atoms with van der Waals surface area (Å²) in [5.74, 6) is 0.224. The van der Waals surface area contributed by atoms with E-state index < -0.39 is 11.1 Å². The summed E-state index contributed by atoms with van der Waals surface area (Å²) >= 11 is 0. The van der Waals surface area contributed by atoms with E-state index in [1.807, 2.05) is 18.2 Å². The molecule has 0 atom stereocenters. The zero-order valence-electron chi connectivity index (χ0n) is 14.4. The number of aromatic nitrogens is 1. The molecular formula is C18H18N2O5S2. The van der Waals surface area contributed by atoms with Crippen LogP contribution in [0, 0.1) is 10.1 Å². The largest absolute Gasteiger partial charge is 0.514 e. The third kappa shape index (κ3) is 6.14. The molecule has 1 aliphatic rings. The molecule has 2 aromatic rings. The number of non-ortho nitro benzene ring substituents is 1. The first-order valence-corrected chi connectivity index (χ1v) is 10.7. The van der Waals surface area contributed by atoms with E-state index in [0.29, 0.717) is 5.25 Å². The summed E-state index contributed by atoms with van der Waals surface area (Å²) in [6, 6.07) is 11.2. The predicted molar refractivity (Wildman–Crippen MR) is 104 cm³/mol. The molecule has 0 unspecified atom stereocenters. The van der Waals surface area contributed by atoms with Gasteiger partial charge in [-0.15, -0.1) is 0 Å². The fourth-order valence-electron chi connectivity index (χ4n) is 2.65. The van der Waals surface area contributed by atoms with Crippen LogP contribution in [0.25, 0.3) is 0 Å². The highest BCUT2D eigenvalue weighted by Gasteiger charge is 2.25. The minimum atomic E-state index is -0.775. The van der Waals surface area contributed by atoms with Crippen LogP contribution in [0.5, 0.6) is 5.75 Å². The van der Waals surface area contributed by atoms with E-state index in [9.17, 15) is 14.9 Å². The number of nitro benzene ring substituents is 1. The lowest BCUT2D eigenvalue weighted by Crippen LogP contribution is -2.26. The van der Waals surface area contributed by atoms with Crippen LogP contribution in [0.1, 0.15) is 25.7 Å². The Bertz CT molecular complexity index is 765. The quantitative estimate of drug-likeness (QED) is 0.211. The molecule has 0 bridgehead atoms. The van der Waals surface area contributed by atoms with Crippen molar-refractivity contribution in [3.05, 3.63) is 58.8 Å². The molecule has 1 aromatic heterocycles. The molecule has 142 valence electrons. The molecule has 0 radical (unpaired) electrons. The van der Waals surface area contributed by atoms with Crippen LogP contribution in [0.2, 0.25) is 0 Å². The minimum Gasteiger partial charge on any atom is -0.431 e. The number of nitro groups is 1. The van der Waals surface area contributed by atoms with Crippen molar-refractivity contribution in [2.45, 2.75) is 42.1 Å². The van der Waals surface area contributed by atoms with Gasteiger partial charge in [0.15, 0.2) is 0 Å². The number of carbonyl (C=O) groups excluding carboxylic acids is 1. The number of pyridine rings is 1. The van der Waals surface area contributed by atoms with Crippen molar-refractivity contribution in [2.75, 3.05) is 0 Å². The summed E-state index contributed by atoms with van der Waals surface area (Å²) in [6.07, 6.45) is 4.34. The van der Waals surface area contributed by atoms with Gasteiger partial charge in [0, 0.05) is 23.6 Å². The number of hydrogen-bond donors (Lipinski definition) is 0. The minimum absolute atomic E-state index is 0.0601. The van der Waals surface area contributed by atoms with Crippen LogP contribution >= 0.6 is 21.6 Å². The highest BCUT2D eigenvalue weighted by atomic mass is 33.1. The maximum Gasteiger partial charge on any atom is 0.514 e. The Balaban J connectivity index is 1.38. The number of carbonyl (C=O) groups is 1. The zero-order valence-corrected chi connectivity index (χ0v) is 16.0. The Labute approximate surface area is 164 Å². The third-order valence-corrected chi connectivity index (χ3v) is 6.91. The van der Waals surface area contributed by atoms with Gasteiger partial charge in [0.2, 0.25) is 0 Å². The zero-order chi connectivity index (χ0) is 19.1. The van der Waals surface area contributed by atoms with Gasteiger partial charge in [-0.3, -0.25) is 10.1 Å². The molecule has 0 saturated heterocycles. The third-order valence-electron chi connectivity index (χ3n) is 4.04. The lowest BCUT2D eigenvalue weighted by atomic mass is 9.97. The lowest BCUT2D eigenvalue weighted by molar-refractivity contribution is -0.384. The highest BCUT2D eigenvalue weighted by Crippen LogP contribution is 2.40. The fraction of sp³-hybridized carbons (Fsp3) is 0.333. The standard InChI is InChI=1S/C18H18N2O5S2/c21-18(24-14-6-4-13(5-7-14)20(22)23)25-15-8-10-16(11-9-15)26-27-17-3-1-2-12-19-17/h1-7,12,15-16H,8-11H2/t15-,16-. The molecule has 0 aliphatic heterocycles. The number of hydrogen-bond acceptors (Lipinski definition) is 8. The lowest BCUT2D eigenvalue weighted by Gasteiger charge is -2.27. The summed E-state index contributed by atoms with van der Waals surface area (Å²) in [4.78, 5) is 26.3. The molecule has 0 N–H and O–H groups in total. The maximum atomic E-state index is 11.9. The van der Waals surface area contributed by atoms with Gasteiger partial charge in [-0.2, -0.15) is 0 Å². The van der Waals surface area contributed by atoms with E-state index in [1.54, 1.807) is 27.8 Å². The first kappa shape index (κ1) is 19.5. The number of rotatable bonds is 6. The summed E-state index contributed by atoms with van der Waals surface area (Å²) in [7, 11) is 3.48. The molecule has 0 spiro atoms. The normalized spacial score (nSPS) is 19.3. The van der Waals surface area contributed by atoms with Crippen LogP contribution in [0.15, 0.2) is 53.7 Å². The average molecular weight is 406 g/mol. The van der Waals surface area contributed by atoms with Crippen molar-refractivity contribution in [1.29, 1.82) is 0 Å². The van der Waals surface area contributed by atoms with E-state index >= 15 is 0 Å². The van der Waals surface area contributed by atoms with Gasteiger partial charge in [-0.25, -0.2) is 9.78 Å². The number of benzene rings is 1. The van der Waals surface area contributed by atoms with Crippen molar-refractivity contribution in [1.82, 2.24) is 4.98 Å². The predicted octanol–water partition coefficient (Wildman–Crippen LogP) is 5.26. The van der Waals surface area contributed by atoms with Crippen molar-refractivity contribution in [3.8, 4) is 5.75 Å². The molecule has 7 nitrogen and oxygen atoms in total. The molecule has 3 rings (SSSR count). The van der Waals surface area contributed by atoms with Crippen LogP contribution < -0.4 is 4.74 Å². The average Bonchev–Trinajstić information content (AvgIpc) is 2.68. The Morgan fingerprint density at radius 2 is 1.85 bits per heavy atom. The Morgan fingerprint density at radius 3 is 2.48 bits per heavy atom. The van der Waals surface area contributed by atoms with Gasteiger partial charge in [-0.05, 0) is 60.7 Å². The van der Waals surface area contributed by atoms with Crippen molar-refractivity contribution in [3.63, 3.8) is 0 Å². The number of ether oxygens (including phenoxy) is 2. The van der Waals surface area contributed by atoms with E-state index in [0.717, 1.165) is 30.7 Å². The van der Waals surface area contributed by atoms with Crippen LogP contribution in [-0.4, -0.2) is 27.4 Å². The SMILES string of the molecule is O=C(Oc1ccc([N+](=O)[O-])cc1)O[C@H]1CC[C@H](SSc2ccccn2)CC1. The van der Waals surface area contributed by atoms with Crippen LogP contribution in [-0.2, 0) is 4.74 Å². The van der Waals surface area contributed by atoms with Gasteiger partial charge in [0.25, 0.3) is 5.69 Å². The molecule has 1 saturated carbocycles. The van der Waals surface area contributed by atoms with E-state index in [4.69, 9.17) is 9.47 Å². The second-order valence-corrected chi connectivity index (χ2v) is 8.49. The molecule has 27 heavy (non-hydrogen) atoms. The van der Waals surface area contributed by atoms with Crippen molar-refractivity contribution in [2.24, 2.45) is 0 Å². The smallest absolute Gasteiger partial charge is 0.431 e. The molecule has 1 heterocycles. The summed E-state index contributed by atoms with van der Waals surface area (Å²) in [6.45, 7) is 0. The monoisotopic (exact) mass is 406 g/mol. The molecule has 0 amide bonds. The Kier molecular flexibility index (Phi) is 6.94. The fourth-order valence-corrected chi connectivity index (χ4v) is 5.17. The topological polar surface area (TPSA) is 91.6 Å². The van der Waals surface area contributed by atoms with E-state index in [2.05, 4.69) is 4.98 Å². The summed E-state index contributed by atoms with van der Waals surface area (Å²) in [5.41, 5.74) is -0.0601. The first-order chi connectivity index (χ1) is 13.1. The van der Waals surface area contributed by atoms with E-state index in [1.165, 1.54) is 24.3 Å². The molecule has 9 heteroatoms. The van der Waals surface area contributed by atoms with Gasteiger partial charge in [0.1, 0.15) is 16.9 Å². The van der Waals surface area contributed by atoms with Crippen LogP contribution in [0.4, 0.5) is 10.5 Å². The summed E-state index contributed by atoms with van der Waals surface area (Å²) in [5, 5.41) is 12.1. The second-order valence-electron chi connectivity index (χ2n) is 5.97. The Hall–Kier alpha value is -2.26. The summed E-state index contributed by atoms with van der Waals surface area (Å²) < 4.78 is 10.4. The number of nitrogens with zero attached hydrogens (tertiary/aromatic N) is 2. The second kappa shape index (κ2) is 9.61. The van der Waals surface area contributed by atoms with E-state index in [-0.39, 0.29) is 17.5 Å². The maximum absolute atomic E-state index is 11.9. The molecule has 1 aliphatic carbocycles. The molecular weight excluding hydrogens is 388 g/mol. The van der Waals surface area contributed by atoms with Gasteiger partial charge in [0.05, 0.1) is 4.92 Å². The molecule has 1 aromatic carbocycles. The first-order valence-electron chi connectivity index (χ1n) is 8.47. The van der Waals surface area contributed by atoms with Crippen molar-refractivity contribution < 1.29 is 19.2 Å². The Morgan fingerprint density at radius 1 is 1.11 bits per heavy atom. The molecule has 1 fully saturated rings. The van der Waals surface area contributed by atoms with Crippen LogP contribution in [0.3, 0.4) is 0 Å². The van der Waals surface area contributed by atoms with Gasteiger partial charge >= 0.3 is 6.16 Å². The van der Waals surface area contributed by atoms with Gasteiger partial charge < -0.3 is 9.47 Å². The highest BCUT2D eigenvalue weighted by molar-refractivity contribution is 8.76. The van der Waals surface area contributed by atoms with Crippen molar-refractivity contribution >= 4 is 33.4 Å². The van der Waals surface area contributed by atoms with Gasteiger partial charge in [-0.1, -0.05) is 16.9 Å².